The molecule has 0 amide bonds. The van der Waals surface area contributed by atoms with Crippen molar-refractivity contribution in [2.75, 3.05) is 61.5 Å². The highest BCUT2D eigenvalue weighted by molar-refractivity contribution is 5.88. The van der Waals surface area contributed by atoms with Crippen molar-refractivity contribution in [3.8, 4) is 46.0 Å². The van der Waals surface area contributed by atoms with Crippen molar-refractivity contribution in [3.63, 3.8) is 0 Å². The minimum absolute atomic E-state index is 0.155. The van der Waals surface area contributed by atoms with Crippen molar-refractivity contribution in [3.05, 3.63) is 94.0 Å². The van der Waals surface area contributed by atoms with Crippen molar-refractivity contribution in [2.45, 2.75) is 31.7 Å². The van der Waals surface area contributed by atoms with Crippen LogP contribution in [0.3, 0.4) is 0 Å². The first-order valence-electron chi connectivity index (χ1n) is 16.9. The van der Waals surface area contributed by atoms with Gasteiger partial charge in [0.2, 0.25) is 5.75 Å². The highest BCUT2D eigenvalue weighted by Gasteiger charge is 2.35. The molecule has 0 spiro atoms. The molecule has 0 saturated carbocycles. The maximum atomic E-state index is 6.91. The van der Waals surface area contributed by atoms with Crippen LogP contribution < -0.4 is 23.7 Å². The van der Waals surface area contributed by atoms with Gasteiger partial charge in [-0.15, -0.1) is 0 Å². The topological polar surface area (TPSA) is 55.9 Å². The minimum atomic E-state index is 0.155. The molecule has 1 unspecified atom stereocenters. The zero-order valence-corrected chi connectivity index (χ0v) is 28.5. The Morgan fingerprint density at radius 2 is 1.60 bits per heavy atom. The molecule has 0 fully saturated rings. The van der Waals surface area contributed by atoms with Crippen molar-refractivity contribution < 1.29 is 23.7 Å². The lowest BCUT2D eigenvalue weighted by Gasteiger charge is -2.37. The standard InChI is InChI=1S/C40H43N3O5/c1-41(2)15-6-18-45-33-12-9-26-20-31-30-24-36-35(22-27(30)13-16-42(31)3)47-39-37(44-5)23-28-14-17-43(4)32(38(28)40(39)48-36)19-25-7-10-29(11-8-25)46-34(33)21-26/h7-12,19,21-24,31H,6,13-18,20H2,1-5H3. The lowest BCUT2D eigenvalue weighted by Crippen LogP contribution is -2.33. The van der Waals surface area contributed by atoms with Gasteiger partial charge in [-0.25, -0.2) is 0 Å². The minimum Gasteiger partial charge on any atom is -0.493 e. The first kappa shape index (κ1) is 30.7. The second kappa shape index (κ2) is 12.4. The summed E-state index contributed by atoms with van der Waals surface area (Å²) in [5.41, 5.74) is 8.10. The molecule has 8 heteroatoms. The Kier molecular flexibility index (Phi) is 7.93. The van der Waals surface area contributed by atoms with Crippen molar-refractivity contribution in [2.24, 2.45) is 0 Å². The van der Waals surface area contributed by atoms with Gasteiger partial charge in [0.25, 0.3) is 0 Å². The van der Waals surface area contributed by atoms with Crippen LogP contribution in [0.4, 0.5) is 0 Å². The number of hydrogen-bond acceptors (Lipinski definition) is 8. The predicted molar refractivity (Wildman–Crippen MR) is 188 cm³/mol. The van der Waals surface area contributed by atoms with Gasteiger partial charge in [-0.1, -0.05) is 18.2 Å². The SMILES string of the molecule is COc1cc2c3c4c1Oc1cc5c(cc1O4)C(Cc1ccc(OCCCN(C)C)c(c1)Oc1ccc(cc1)C=C3N(C)CC2)N(C)CC5. The molecular formula is C40H43N3O5. The van der Waals surface area contributed by atoms with E-state index >= 15 is 0 Å². The van der Waals surface area contributed by atoms with Gasteiger partial charge in [0.1, 0.15) is 5.75 Å². The van der Waals surface area contributed by atoms with E-state index in [9.17, 15) is 0 Å². The van der Waals surface area contributed by atoms with Gasteiger partial charge in [-0.05, 0) is 123 Å². The molecule has 9 rings (SSSR count). The van der Waals surface area contributed by atoms with Gasteiger partial charge in [0.15, 0.2) is 34.5 Å². The summed E-state index contributed by atoms with van der Waals surface area (Å²) >= 11 is 0. The van der Waals surface area contributed by atoms with E-state index in [0.29, 0.717) is 23.9 Å². The van der Waals surface area contributed by atoms with Crippen molar-refractivity contribution >= 4 is 11.8 Å². The molecule has 0 aliphatic carbocycles. The van der Waals surface area contributed by atoms with Gasteiger partial charge in [-0.3, -0.25) is 4.90 Å². The van der Waals surface area contributed by atoms with Gasteiger partial charge >= 0.3 is 0 Å². The lowest BCUT2D eigenvalue weighted by molar-refractivity contribution is 0.227. The molecule has 7 bridgehead atoms. The Bertz CT molecular complexity index is 1900. The van der Waals surface area contributed by atoms with Crippen LogP contribution in [-0.2, 0) is 19.3 Å². The van der Waals surface area contributed by atoms with E-state index in [2.05, 4.69) is 97.5 Å². The second-order valence-electron chi connectivity index (χ2n) is 13.6. The molecule has 0 radical (unpaired) electrons. The first-order valence-corrected chi connectivity index (χ1v) is 16.9. The summed E-state index contributed by atoms with van der Waals surface area (Å²) in [5, 5.41) is 0. The smallest absolute Gasteiger partial charge is 0.212 e. The van der Waals surface area contributed by atoms with Crippen LogP contribution in [0.1, 0.15) is 45.8 Å². The van der Waals surface area contributed by atoms with E-state index in [4.69, 9.17) is 23.7 Å². The third-order valence-corrected chi connectivity index (χ3v) is 10.00. The zero-order valence-electron chi connectivity index (χ0n) is 28.5. The number of nitrogens with zero attached hydrogens (tertiary/aromatic N) is 3. The lowest BCUT2D eigenvalue weighted by atomic mass is 9.88. The van der Waals surface area contributed by atoms with Crippen LogP contribution in [0, 0.1) is 0 Å². The quantitative estimate of drug-likeness (QED) is 0.174. The summed E-state index contributed by atoms with van der Waals surface area (Å²) in [6.07, 6.45) is 5.79. The fraction of sp³-hybridized carbons (Fsp3) is 0.350. The number of rotatable bonds is 6. The summed E-state index contributed by atoms with van der Waals surface area (Å²) in [6.45, 7) is 3.42. The normalized spacial score (nSPS) is 17.6. The molecule has 48 heavy (non-hydrogen) atoms. The first-order chi connectivity index (χ1) is 23.3. The van der Waals surface area contributed by atoms with Gasteiger partial charge in [-0.2, -0.15) is 0 Å². The molecule has 4 aromatic rings. The van der Waals surface area contributed by atoms with Crippen LogP contribution in [0.15, 0.2) is 60.7 Å². The van der Waals surface area contributed by atoms with Crippen molar-refractivity contribution in [1.29, 1.82) is 0 Å². The van der Waals surface area contributed by atoms with E-state index in [-0.39, 0.29) is 6.04 Å². The third-order valence-electron chi connectivity index (χ3n) is 10.00. The molecule has 248 valence electrons. The van der Waals surface area contributed by atoms with Crippen LogP contribution in [-0.4, -0.2) is 76.2 Å². The summed E-state index contributed by atoms with van der Waals surface area (Å²) in [6, 6.07) is 21.3. The van der Waals surface area contributed by atoms with Gasteiger partial charge < -0.3 is 33.5 Å². The molecular weight excluding hydrogens is 602 g/mol. The largest absolute Gasteiger partial charge is 0.493 e. The Morgan fingerprint density at radius 3 is 2.42 bits per heavy atom. The Hall–Kier alpha value is -4.66. The van der Waals surface area contributed by atoms with Crippen molar-refractivity contribution in [1.82, 2.24) is 14.7 Å². The number of hydrogen-bond donors (Lipinski definition) is 0. The van der Waals surface area contributed by atoms with Crippen LogP contribution >= 0.6 is 0 Å². The predicted octanol–water partition coefficient (Wildman–Crippen LogP) is 7.79. The Labute approximate surface area is 283 Å². The van der Waals surface area contributed by atoms with E-state index in [1.807, 2.05) is 12.1 Å². The molecule has 5 heterocycles. The fourth-order valence-corrected chi connectivity index (χ4v) is 7.33. The van der Waals surface area contributed by atoms with Crippen LogP contribution in [0.5, 0.6) is 46.0 Å². The molecule has 5 aliphatic heterocycles. The van der Waals surface area contributed by atoms with Crippen LogP contribution in [0.2, 0.25) is 0 Å². The highest BCUT2D eigenvalue weighted by Crippen LogP contribution is 2.56. The number of methoxy groups -OCH3 is 1. The molecule has 8 nitrogen and oxygen atoms in total. The third kappa shape index (κ3) is 5.63. The molecule has 0 saturated heterocycles. The molecule has 4 aromatic carbocycles. The van der Waals surface area contributed by atoms with E-state index in [1.54, 1.807) is 7.11 Å². The van der Waals surface area contributed by atoms with E-state index in [1.165, 1.54) is 22.3 Å². The Morgan fingerprint density at radius 1 is 0.812 bits per heavy atom. The Balaban J connectivity index is 1.28. The number of benzene rings is 4. The molecule has 1 atom stereocenters. The second-order valence-corrected chi connectivity index (χ2v) is 13.6. The maximum absolute atomic E-state index is 6.91. The van der Waals surface area contributed by atoms with E-state index in [0.717, 1.165) is 90.9 Å². The average molecular weight is 646 g/mol. The summed E-state index contributed by atoms with van der Waals surface area (Å²) in [7, 11) is 10.2. The number of fused-ring (bicyclic) bond motifs is 2. The highest BCUT2D eigenvalue weighted by atomic mass is 16.6. The average Bonchev–Trinajstić information content (AvgIpc) is 3.08. The molecule has 5 aliphatic rings. The van der Waals surface area contributed by atoms with Crippen LogP contribution in [0.25, 0.3) is 11.8 Å². The molecule has 0 aromatic heterocycles. The van der Waals surface area contributed by atoms with E-state index < -0.39 is 0 Å². The maximum Gasteiger partial charge on any atom is 0.212 e. The fourth-order valence-electron chi connectivity index (χ4n) is 7.33. The number of likely N-dealkylation sites (N-methyl/N-ethyl adjacent to an activating group) is 2. The summed E-state index contributed by atoms with van der Waals surface area (Å²) in [4.78, 5) is 6.91. The number of ether oxygens (including phenoxy) is 5. The zero-order chi connectivity index (χ0) is 32.9. The van der Waals surface area contributed by atoms with Gasteiger partial charge in [0.05, 0.1) is 13.7 Å². The summed E-state index contributed by atoms with van der Waals surface area (Å²) in [5.74, 6) is 5.76. The summed E-state index contributed by atoms with van der Waals surface area (Å²) < 4.78 is 32.4. The molecule has 0 N–H and O–H groups in total. The monoisotopic (exact) mass is 645 g/mol. The van der Waals surface area contributed by atoms with Gasteiger partial charge in [0, 0.05) is 44.0 Å².